The van der Waals surface area contributed by atoms with Crippen LogP contribution in [0.5, 0.6) is 0 Å². The zero-order valence-corrected chi connectivity index (χ0v) is 17.3. The fraction of sp³-hybridized carbons (Fsp3) is 0.150. The number of sulfonamides is 1. The minimum absolute atomic E-state index is 0.000445. The van der Waals surface area contributed by atoms with Crippen molar-refractivity contribution in [3.8, 4) is 0 Å². The highest BCUT2D eigenvalue weighted by Crippen LogP contribution is 2.32. The molecule has 0 radical (unpaired) electrons. The minimum atomic E-state index is -4.71. The van der Waals surface area contributed by atoms with E-state index in [9.17, 15) is 26.0 Å². The number of hydrogen-bond acceptors (Lipinski definition) is 4. The molecule has 0 N–H and O–H groups in total. The van der Waals surface area contributed by atoms with Crippen molar-refractivity contribution in [1.29, 1.82) is 0 Å². The molecule has 0 aliphatic carbocycles. The Kier molecular flexibility index (Phi) is 6.83. The highest BCUT2D eigenvalue weighted by molar-refractivity contribution is 7.94. The van der Waals surface area contributed by atoms with Crippen LogP contribution in [0.4, 0.5) is 23.4 Å². The average Bonchev–Trinajstić information content (AvgIpc) is 2.74. The molecule has 0 saturated carbocycles. The molecule has 0 amide bonds. The van der Waals surface area contributed by atoms with Gasteiger partial charge >= 0.3 is 6.18 Å². The second-order valence-corrected chi connectivity index (χ2v) is 8.68. The minimum Gasteiger partial charge on any atom is -0.370 e. The Morgan fingerprint density at radius 1 is 0.968 bits per heavy atom. The van der Waals surface area contributed by atoms with E-state index in [4.69, 9.17) is 16.5 Å². The van der Waals surface area contributed by atoms with E-state index in [1.807, 2.05) is 0 Å². The second kappa shape index (κ2) is 9.21. The van der Waals surface area contributed by atoms with Crippen LogP contribution >= 0.6 is 11.8 Å². The Morgan fingerprint density at radius 3 is 2.32 bits per heavy atom. The second-order valence-electron chi connectivity index (χ2n) is 6.35. The summed E-state index contributed by atoms with van der Waals surface area (Å²) >= 11 is 5.94. The van der Waals surface area contributed by atoms with Crippen molar-refractivity contribution in [2.75, 3.05) is 3.82 Å². The molecule has 164 valence electrons. The van der Waals surface area contributed by atoms with E-state index in [1.165, 1.54) is 24.3 Å². The number of aromatic nitrogens is 1. The number of nitrogens with zero attached hydrogens (tertiary/aromatic N) is 2. The summed E-state index contributed by atoms with van der Waals surface area (Å²) in [4.78, 5) is 3.46. The maximum atomic E-state index is 12.9. The molecule has 0 aliphatic rings. The van der Waals surface area contributed by atoms with Gasteiger partial charge in [0.2, 0.25) is 0 Å². The fourth-order valence-corrected chi connectivity index (χ4v) is 3.94. The lowest BCUT2D eigenvalue weighted by molar-refractivity contribution is -0.137. The number of pyridine rings is 1. The fourth-order valence-electron chi connectivity index (χ4n) is 2.55. The lowest BCUT2D eigenvalue weighted by atomic mass is 10.2. The number of ether oxygens (including phenoxy) is 1. The Morgan fingerprint density at radius 2 is 1.65 bits per heavy atom. The molecule has 0 fully saturated rings. The van der Waals surface area contributed by atoms with E-state index < -0.39 is 26.7 Å². The molecule has 3 rings (SSSR count). The summed E-state index contributed by atoms with van der Waals surface area (Å²) in [6.07, 6.45) is -4.71. The van der Waals surface area contributed by atoms with E-state index in [0.717, 1.165) is 23.8 Å². The van der Waals surface area contributed by atoms with Gasteiger partial charge < -0.3 is 4.74 Å². The van der Waals surface area contributed by atoms with Crippen molar-refractivity contribution < 1.29 is 30.7 Å². The lowest BCUT2D eigenvalue weighted by Crippen LogP contribution is -2.23. The van der Waals surface area contributed by atoms with Crippen molar-refractivity contribution in [2.24, 2.45) is 0 Å². The Bertz CT molecular complexity index is 1160. The van der Waals surface area contributed by atoms with Crippen LogP contribution in [0.25, 0.3) is 0 Å². The number of rotatable bonds is 7. The van der Waals surface area contributed by atoms with Gasteiger partial charge in [-0.2, -0.15) is 25.4 Å². The molecular formula is C20H15ClF4N2O3S. The van der Waals surface area contributed by atoms with Gasteiger partial charge in [-0.25, -0.2) is 9.37 Å². The maximum Gasteiger partial charge on any atom is 0.416 e. The zero-order chi connectivity index (χ0) is 22.6. The van der Waals surface area contributed by atoms with Crippen LogP contribution in [0.2, 0.25) is 0 Å². The summed E-state index contributed by atoms with van der Waals surface area (Å²) in [6.45, 7) is 0.166. The molecule has 0 unspecified atom stereocenters. The van der Waals surface area contributed by atoms with Crippen molar-refractivity contribution in [2.45, 2.75) is 24.3 Å². The van der Waals surface area contributed by atoms with Crippen molar-refractivity contribution in [1.82, 2.24) is 4.98 Å². The first kappa shape index (κ1) is 23.0. The van der Waals surface area contributed by atoms with Crippen LogP contribution in [0.3, 0.4) is 0 Å². The summed E-state index contributed by atoms with van der Waals surface area (Å²) in [5.74, 6) is -0.579. The van der Waals surface area contributed by atoms with Crippen molar-refractivity contribution >= 4 is 27.6 Å². The van der Waals surface area contributed by atoms with E-state index >= 15 is 0 Å². The molecule has 5 nitrogen and oxygen atoms in total. The monoisotopic (exact) mass is 474 g/mol. The lowest BCUT2D eigenvalue weighted by Gasteiger charge is -2.17. The van der Waals surface area contributed by atoms with Gasteiger partial charge in [-0.3, -0.25) is 0 Å². The number of halogens is 5. The first-order valence-electron chi connectivity index (χ1n) is 8.74. The van der Waals surface area contributed by atoms with Gasteiger partial charge in [-0.15, -0.1) is 0 Å². The molecular weight excluding hydrogens is 460 g/mol. The molecule has 1 heterocycles. The standard InChI is InChI=1S/C20H15ClF4N2O3S/c21-27(31(28,29)18-5-1-3-15(11-18)20(23,24)25)19-6-2-4-17(26-19)13-30-12-14-7-9-16(22)10-8-14/h1-11H,12-13H2. The predicted molar refractivity (Wildman–Crippen MR) is 106 cm³/mol. The zero-order valence-electron chi connectivity index (χ0n) is 15.7. The highest BCUT2D eigenvalue weighted by atomic mass is 35.5. The molecule has 3 aromatic rings. The molecule has 1 aromatic heterocycles. The van der Waals surface area contributed by atoms with E-state index in [-0.39, 0.29) is 28.7 Å². The molecule has 0 atom stereocenters. The quantitative estimate of drug-likeness (QED) is 0.344. The van der Waals surface area contributed by atoms with Gasteiger partial charge in [-0.1, -0.05) is 24.3 Å². The first-order valence-corrected chi connectivity index (χ1v) is 10.5. The van der Waals surface area contributed by atoms with Gasteiger partial charge in [0.05, 0.1) is 29.4 Å². The van der Waals surface area contributed by atoms with Gasteiger partial charge in [-0.05, 0) is 48.0 Å². The largest absolute Gasteiger partial charge is 0.416 e. The third-order valence-corrected chi connectivity index (χ3v) is 6.25. The van der Waals surface area contributed by atoms with Crippen LogP contribution in [0.15, 0.2) is 71.6 Å². The molecule has 31 heavy (non-hydrogen) atoms. The van der Waals surface area contributed by atoms with Crippen LogP contribution in [0, 0.1) is 5.82 Å². The summed E-state index contributed by atoms with van der Waals surface area (Å²) in [6, 6.07) is 13.3. The molecule has 2 aromatic carbocycles. The van der Waals surface area contributed by atoms with Crippen molar-refractivity contribution in [3.05, 3.63) is 89.4 Å². The van der Waals surface area contributed by atoms with Crippen LogP contribution < -0.4 is 3.82 Å². The van der Waals surface area contributed by atoms with E-state index in [0.29, 0.717) is 11.8 Å². The molecule has 11 heteroatoms. The molecule has 0 saturated heterocycles. The molecule has 0 aliphatic heterocycles. The van der Waals surface area contributed by atoms with Gasteiger partial charge in [0.1, 0.15) is 5.82 Å². The number of alkyl halides is 3. The van der Waals surface area contributed by atoms with Gasteiger partial charge in [0.25, 0.3) is 10.0 Å². The summed E-state index contributed by atoms with van der Waals surface area (Å²) in [5.41, 5.74) is -0.0531. The van der Waals surface area contributed by atoms with Crippen molar-refractivity contribution in [3.63, 3.8) is 0 Å². The molecule has 0 bridgehead atoms. The SMILES string of the molecule is O=S(=O)(c1cccc(C(F)(F)F)c1)N(Cl)c1cccc(COCc2ccc(F)cc2)n1. The summed E-state index contributed by atoms with van der Waals surface area (Å²) in [7, 11) is -4.50. The number of anilines is 1. The van der Waals surface area contributed by atoms with Crippen LogP contribution in [0.1, 0.15) is 16.8 Å². The van der Waals surface area contributed by atoms with Gasteiger partial charge in [0.15, 0.2) is 5.82 Å². The van der Waals surface area contributed by atoms with Crippen LogP contribution in [-0.2, 0) is 34.2 Å². The summed E-state index contributed by atoms with van der Waals surface area (Å²) in [5, 5.41) is 0. The average molecular weight is 475 g/mol. The predicted octanol–water partition coefficient (Wildman–Crippen LogP) is 5.31. The summed E-state index contributed by atoms with van der Waals surface area (Å²) < 4.78 is 82.8. The number of benzene rings is 2. The highest BCUT2D eigenvalue weighted by Gasteiger charge is 2.33. The maximum absolute atomic E-state index is 12.9. The topological polar surface area (TPSA) is 59.5 Å². The van der Waals surface area contributed by atoms with Gasteiger partial charge in [0, 0.05) is 11.8 Å². The Hall–Kier alpha value is -2.69. The normalized spacial score (nSPS) is 12.0. The Balaban J connectivity index is 1.74. The van der Waals surface area contributed by atoms with Crippen LogP contribution in [-0.4, -0.2) is 13.4 Å². The number of hydrogen-bond donors (Lipinski definition) is 0. The Labute approximate surface area is 181 Å². The third-order valence-electron chi connectivity index (χ3n) is 4.07. The smallest absolute Gasteiger partial charge is 0.370 e. The van der Waals surface area contributed by atoms with E-state index in [1.54, 1.807) is 18.2 Å². The third kappa shape index (κ3) is 5.72. The first-order chi connectivity index (χ1) is 14.6. The van der Waals surface area contributed by atoms with E-state index in [2.05, 4.69) is 4.98 Å². The molecule has 0 spiro atoms.